The number of hydrogen-bond acceptors (Lipinski definition) is 2. The number of aliphatic hydroxyl groups is 1. The summed E-state index contributed by atoms with van der Waals surface area (Å²) in [6, 6.07) is 8.03. The Morgan fingerprint density at radius 3 is 2.88 bits per heavy atom. The predicted octanol–water partition coefficient (Wildman–Crippen LogP) is 2.81. The number of halogens is 1. The smallest absolute Gasteiger partial charge is 0.141 e. The van der Waals surface area contributed by atoms with Crippen molar-refractivity contribution in [2.24, 2.45) is 0 Å². The van der Waals surface area contributed by atoms with Gasteiger partial charge in [-0.15, -0.1) is 0 Å². The summed E-state index contributed by atoms with van der Waals surface area (Å²) in [6.45, 7) is -0.0596. The summed E-state index contributed by atoms with van der Waals surface area (Å²) in [7, 11) is 0. The second-order valence-corrected chi connectivity index (χ2v) is 4.51. The highest BCUT2D eigenvalue weighted by molar-refractivity contribution is 9.10. The Labute approximate surface area is 106 Å². The van der Waals surface area contributed by atoms with Crippen LogP contribution in [0.4, 0.5) is 0 Å². The normalized spacial score (nSPS) is 11.2. The van der Waals surface area contributed by atoms with Gasteiger partial charge < -0.3 is 15.1 Å². The number of H-pyrrole nitrogens is 2. The van der Waals surface area contributed by atoms with Gasteiger partial charge in [-0.05, 0) is 22.0 Å². The molecule has 2 heterocycles. The fourth-order valence-corrected chi connectivity index (χ4v) is 2.29. The highest BCUT2D eigenvalue weighted by atomic mass is 79.9. The molecule has 2 aromatic heterocycles. The van der Waals surface area contributed by atoms with Crippen LogP contribution in [-0.4, -0.2) is 20.1 Å². The quantitative estimate of drug-likeness (QED) is 0.680. The van der Waals surface area contributed by atoms with Crippen LogP contribution in [0.3, 0.4) is 0 Å². The fraction of sp³-hybridized carbons (Fsp3) is 0.0833. The van der Waals surface area contributed by atoms with Crippen LogP contribution >= 0.6 is 15.9 Å². The van der Waals surface area contributed by atoms with E-state index in [0.717, 1.165) is 22.3 Å². The second-order valence-electron chi connectivity index (χ2n) is 3.76. The lowest BCUT2D eigenvalue weighted by molar-refractivity contribution is 0.276. The monoisotopic (exact) mass is 291 g/mol. The number of imidazole rings is 1. The number of aliphatic hydroxyl groups excluding tert-OH is 1. The van der Waals surface area contributed by atoms with Gasteiger partial charge in [0.1, 0.15) is 10.4 Å². The molecular formula is C12H10BrN3O. The molecule has 0 atom stereocenters. The molecule has 0 saturated carbocycles. The first-order chi connectivity index (χ1) is 8.29. The van der Waals surface area contributed by atoms with E-state index in [1.54, 1.807) is 0 Å². The molecule has 0 radical (unpaired) electrons. The van der Waals surface area contributed by atoms with Gasteiger partial charge in [0.15, 0.2) is 0 Å². The summed E-state index contributed by atoms with van der Waals surface area (Å²) >= 11 is 3.31. The first-order valence-electron chi connectivity index (χ1n) is 5.21. The van der Waals surface area contributed by atoms with Crippen LogP contribution in [0, 0.1) is 0 Å². The van der Waals surface area contributed by atoms with Gasteiger partial charge in [-0.3, -0.25) is 0 Å². The van der Waals surface area contributed by atoms with Crippen molar-refractivity contribution in [3.63, 3.8) is 0 Å². The van der Waals surface area contributed by atoms with Crippen molar-refractivity contribution in [2.75, 3.05) is 0 Å². The lowest BCUT2D eigenvalue weighted by atomic mass is 10.2. The zero-order chi connectivity index (χ0) is 11.8. The van der Waals surface area contributed by atoms with E-state index in [0.29, 0.717) is 10.3 Å². The van der Waals surface area contributed by atoms with Gasteiger partial charge in [-0.25, -0.2) is 4.98 Å². The Kier molecular flexibility index (Phi) is 2.49. The molecular weight excluding hydrogens is 282 g/mol. The van der Waals surface area contributed by atoms with E-state index >= 15 is 0 Å². The number of nitrogens with zero attached hydrogens (tertiary/aromatic N) is 1. The van der Waals surface area contributed by atoms with Crippen molar-refractivity contribution in [1.82, 2.24) is 15.0 Å². The summed E-state index contributed by atoms with van der Waals surface area (Å²) in [5.41, 5.74) is 2.76. The summed E-state index contributed by atoms with van der Waals surface area (Å²) in [5.74, 6) is 0.748. The third-order valence-corrected chi connectivity index (χ3v) is 3.39. The average Bonchev–Trinajstić information content (AvgIpc) is 2.92. The molecule has 0 aliphatic heterocycles. The Balaban J connectivity index is 2.20. The van der Waals surface area contributed by atoms with Crippen LogP contribution in [0.1, 0.15) is 5.69 Å². The highest BCUT2D eigenvalue weighted by Gasteiger charge is 2.12. The molecule has 0 saturated heterocycles. The SMILES string of the molecule is OCc1[nH]c(-c2c[nH]c3ccccc23)nc1Br. The summed E-state index contributed by atoms with van der Waals surface area (Å²) in [4.78, 5) is 10.6. The van der Waals surface area contributed by atoms with E-state index in [1.165, 1.54) is 0 Å². The van der Waals surface area contributed by atoms with Crippen molar-refractivity contribution < 1.29 is 5.11 Å². The molecule has 0 aliphatic rings. The van der Waals surface area contributed by atoms with Gasteiger partial charge in [0, 0.05) is 22.7 Å². The predicted molar refractivity (Wildman–Crippen MR) is 69.5 cm³/mol. The zero-order valence-electron chi connectivity index (χ0n) is 8.87. The standard InChI is InChI=1S/C12H10BrN3O/c13-11-10(6-17)15-12(16-11)8-5-14-9-4-2-1-3-7(8)9/h1-5,14,17H,6H2,(H,15,16). The third kappa shape index (κ3) is 1.67. The van der Waals surface area contributed by atoms with Crippen LogP contribution in [0.5, 0.6) is 0 Å². The van der Waals surface area contributed by atoms with Crippen molar-refractivity contribution in [3.8, 4) is 11.4 Å². The fourth-order valence-electron chi connectivity index (χ4n) is 1.89. The maximum atomic E-state index is 9.13. The second kappa shape index (κ2) is 4.01. The zero-order valence-corrected chi connectivity index (χ0v) is 10.5. The minimum absolute atomic E-state index is 0.0596. The van der Waals surface area contributed by atoms with Crippen LogP contribution < -0.4 is 0 Å². The van der Waals surface area contributed by atoms with Gasteiger partial charge in [0.2, 0.25) is 0 Å². The average molecular weight is 292 g/mol. The van der Waals surface area contributed by atoms with E-state index in [4.69, 9.17) is 5.11 Å². The number of rotatable bonds is 2. The van der Waals surface area contributed by atoms with Crippen LogP contribution in [0.15, 0.2) is 35.1 Å². The van der Waals surface area contributed by atoms with Crippen molar-refractivity contribution in [2.45, 2.75) is 6.61 Å². The van der Waals surface area contributed by atoms with Crippen LogP contribution in [0.2, 0.25) is 0 Å². The highest BCUT2D eigenvalue weighted by Crippen LogP contribution is 2.28. The Hall–Kier alpha value is -1.59. The van der Waals surface area contributed by atoms with Crippen molar-refractivity contribution in [1.29, 1.82) is 0 Å². The van der Waals surface area contributed by atoms with Gasteiger partial charge in [0.05, 0.1) is 12.3 Å². The molecule has 4 nitrogen and oxygen atoms in total. The number of benzene rings is 1. The number of hydrogen-bond donors (Lipinski definition) is 3. The summed E-state index contributed by atoms with van der Waals surface area (Å²) in [5, 5.41) is 10.2. The lowest BCUT2D eigenvalue weighted by Crippen LogP contribution is -1.83. The number of para-hydroxylation sites is 1. The number of fused-ring (bicyclic) bond motifs is 1. The van der Waals surface area contributed by atoms with E-state index in [2.05, 4.69) is 30.9 Å². The van der Waals surface area contributed by atoms with E-state index in [-0.39, 0.29) is 6.61 Å². The Bertz CT molecular complexity index is 671. The minimum Gasteiger partial charge on any atom is -0.390 e. The molecule has 3 rings (SSSR count). The molecule has 17 heavy (non-hydrogen) atoms. The molecule has 0 fully saturated rings. The molecule has 0 amide bonds. The number of nitrogens with one attached hydrogen (secondary N) is 2. The third-order valence-electron chi connectivity index (χ3n) is 2.73. The first-order valence-corrected chi connectivity index (χ1v) is 6.00. The largest absolute Gasteiger partial charge is 0.390 e. The molecule has 86 valence electrons. The summed E-state index contributed by atoms with van der Waals surface area (Å²) in [6.07, 6.45) is 1.91. The first kappa shape index (κ1) is 10.6. The topological polar surface area (TPSA) is 64.7 Å². The van der Waals surface area contributed by atoms with Gasteiger partial charge in [-0.2, -0.15) is 0 Å². The maximum Gasteiger partial charge on any atom is 0.141 e. The van der Waals surface area contributed by atoms with Crippen LogP contribution in [-0.2, 0) is 6.61 Å². The van der Waals surface area contributed by atoms with Gasteiger partial charge in [0.25, 0.3) is 0 Å². The number of aromatic amines is 2. The van der Waals surface area contributed by atoms with Gasteiger partial charge in [-0.1, -0.05) is 18.2 Å². The van der Waals surface area contributed by atoms with Crippen LogP contribution in [0.25, 0.3) is 22.3 Å². The number of aromatic nitrogens is 3. The molecule has 5 heteroatoms. The molecule has 3 aromatic rings. The Morgan fingerprint density at radius 2 is 2.12 bits per heavy atom. The Morgan fingerprint density at radius 1 is 1.29 bits per heavy atom. The molecule has 0 spiro atoms. The van der Waals surface area contributed by atoms with E-state index in [1.807, 2.05) is 30.5 Å². The molecule has 3 N–H and O–H groups in total. The minimum atomic E-state index is -0.0596. The summed E-state index contributed by atoms with van der Waals surface area (Å²) < 4.78 is 0.653. The van der Waals surface area contributed by atoms with E-state index < -0.39 is 0 Å². The van der Waals surface area contributed by atoms with Gasteiger partial charge >= 0.3 is 0 Å². The molecule has 0 unspecified atom stereocenters. The molecule has 0 aliphatic carbocycles. The van der Waals surface area contributed by atoms with E-state index in [9.17, 15) is 0 Å². The molecule has 0 bridgehead atoms. The molecule has 1 aromatic carbocycles. The van der Waals surface area contributed by atoms with Crippen molar-refractivity contribution >= 4 is 26.8 Å². The lowest BCUT2D eigenvalue weighted by Gasteiger charge is -1.93. The van der Waals surface area contributed by atoms with Crippen molar-refractivity contribution in [3.05, 3.63) is 40.8 Å². The maximum absolute atomic E-state index is 9.13.